The first kappa shape index (κ1) is 17.5. The molecule has 3 rings (SSSR count). The van der Waals surface area contributed by atoms with Gasteiger partial charge in [-0.05, 0) is 11.6 Å². The molecule has 5 heteroatoms. The molecule has 132 valence electrons. The number of benzene rings is 2. The molecule has 0 aliphatic heterocycles. The Morgan fingerprint density at radius 1 is 1.04 bits per heavy atom. The molecule has 0 fully saturated rings. The van der Waals surface area contributed by atoms with Gasteiger partial charge in [0.15, 0.2) is 5.76 Å². The average Bonchev–Trinajstić information content (AvgIpc) is 2.97. The molecule has 0 unspecified atom stereocenters. The number of amides is 1. The average molecular weight is 348 g/mol. The molecule has 1 amide bonds. The Bertz CT molecular complexity index is 967. The van der Waals surface area contributed by atoms with Crippen molar-refractivity contribution in [3.63, 3.8) is 0 Å². The molecule has 5 nitrogen and oxygen atoms in total. The van der Waals surface area contributed by atoms with E-state index in [4.69, 9.17) is 4.42 Å². The van der Waals surface area contributed by atoms with Crippen LogP contribution >= 0.6 is 0 Å². The van der Waals surface area contributed by atoms with Gasteiger partial charge in [0.05, 0.1) is 12.2 Å². The highest BCUT2D eigenvalue weighted by molar-refractivity contribution is 5.92. The number of oxazole rings is 1. The van der Waals surface area contributed by atoms with E-state index >= 15 is 0 Å². The number of likely N-dealkylation sites (N-methyl/N-ethyl adjacent to an activating group) is 1. The number of hydrogen-bond donors (Lipinski definition) is 0. The van der Waals surface area contributed by atoms with Crippen LogP contribution in [0.5, 0.6) is 0 Å². The highest BCUT2D eigenvalue weighted by Gasteiger charge is 2.17. The Kier molecular flexibility index (Phi) is 5.17. The van der Waals surface area contributed by atoms with Crippen molar-refractivity contribution in [2.24, 2.45) is 0 Å². The zero-order valence-electron chi connectivity index (χ0n) is 14.8. The second-order valence-electron chi connectivity index (χ2n) is 6.09. The minimum absolute atomic E-state index is 0.163. The van der Waals surface area contributed by atoms with Crippen LogP contribution in [-0.2, 0) is 11.3 Å². The molecule has 0 saturated carbocycles. The third-order valence-corrected chi connectivity index (χ3v) is 3.98. The molecule has 2 aromatic carbocycles. The van der Waals surface area contributed by atoms with Crippen molar-refractivity contribution in [2.75, 3.05) is 14.1 Å². The first-order valence-electron chi connectivity index (χ1n) is 8.28. The first-order chi connectivity index (χ1) is 12.6. The largest absolute Gasteiger partial charge is 0.420 e. The van der Waals surface area contributed by atoms with Crippen molar-refractivity contribution in [2.45, 2.75) is 6.54 Å². The summed E-state index contributed by atoms with van der Waals surface area (Å²) in [5, 5.41) is 0. The fourth-order valence-electron chi connectivity index (χ4n) is 2.59. The molecule has 0 aliphatic carbocycles. The second kappa shape index (κ2) is 7.70. The molecule has 1 aromatic heterocycles. The van der Waals surface area contributed by atoms with Gasteiger partial charge in [-0.2, -0.15) is 0 Å². The van der Waals surface area contributed by atoms with Gasteiger partial charge in [0.2, 0.25) is 5.91 Å². The molecule has 0 atom stereocenters. The van der Waals surface area contributed by atoms with Crippen molar-refractivity contribution in [3.8, 4) is 11.3 Å². The van der Waals surface area contributed by atoms with Gasteiger partial charge in [0.1, 0.15) is 0 Å². The molecular formula is C21H20N2O3. The van der Waals surface area contributed by atoms with Crippen LogP contribution in [0.2, 0.25) is 0 Å². The van der Waals surface area contributed by atoms with Crippen LogP contribution in [0.1, 0.15) is 11.3 Å². The van der Waals surface area contributed by atoms with Crippen molar-refractivity contribution < 1.29 is 9.21 Å². The lowest BCUT2D eigenvalue weighted by Gasteiger charge is -2.07. The summed E-state index contributed by atoms with van der Waals surface area (Å²) < 4.78 is 7.07. The lowest BCUT2D eigenvalue weighted by atomic mass is 10.1. The number of nitrogens with zero attached hydrogens (tertiary/aromatic N) is 2. The van der Waals surface area contributed by atoms with Crippen LogP contribution < -0.4 is 5.76 Å². The Hall–Kier alpha value is -3.34. The van der Waals surface area contributed by atoms with Crippen LogP contribution in [0.3, 0.4) is 0 Å². The summed E-state index contributed by atoms with van der Waals surface area (Å²) in [5.74, 6) is -0.164. The van der Waals surface area contributed by atoms with Crippen molar-refractivity contribution >= 4 is 12.0 Å². The van der Waals surface area contributed by atoms with Crippen molar-refractivity contribution in [3.05, 3.63) is 88.5 Å². The maximum Gasteiger partial charge on any atom is 0.420 e. The maximum atomic E-state index is 12.5. The van der Waals surface area contributed by atoms with Crippen LogP contribution in [-0.4, -0.2) is 29.5 Å². The van der Waals surface area contributed by atoms with Crippen molar-refractivity contribution in [1.29, 1.82) is 0 Å². The normalized spacial score (nSPS) is 11.0. The minimum atomic E-state index is -0.454. The summed E-state index contributed by atoms with van der Waals surface area (Å²) in [6, 6.07) is 19.0. The summed E-state index contributed by atoms with van der Waals surface area (Å²) >= 11 is 0. The maximum absolute atomic E-state index is 12.5. The Balaban J connectivity index is 2.09. The van der Waals surface area contributed by atoms with Gasteiger partial charge in [-0.3, -0.25) is 9.36 Å². The predicted molar refractivity (Wildman–Crippen MR) is 102 cm³/mol. The number of hydrogen-bond acceptors (Lipinski definition) is 3. The molecule has 0 spiro atoms. The molecule has 0 N–H and O–H groups in total. The van der Waals surface area contributed by atoms with E-state index in [2.05, 4.69) is 0 Å². The summed E-state index contributed by atoms with van der Waals surface area (Å²) in [6.45, 7) is 0.367. The molecule has 26 heavy (non-hydrogen) atoms. The van der Waals surface area contributed by atoms with E-state index in [1.165, 1.54) is 15.5 Å². The molecule has 3 aromatic rings. The lowest BCUT2D eigenvalue weighted by Crippen LogP contribution is -2.19. The van der Waals surface area contributed by atoms with Crippen LogP contribution in [0.4, 0.5) is 0 Å². The van der Waals surface area contributed by atoms with E-state index in [0.717, 1.165) is 11.1 Å². The highest BCUT2D eigenvalue weighted by Crippen LogP contribution is 2.24. The van der Waals surface area contributed by atoms with E-state index in [1.54, 1.807) is 20.2 Å². The molecule has 0 bridgehead atoms. The van der Waals surface area contributed by atoms with E-state index in [9.17, 15) is 9.59 Å². The van der Waals surface area contributed by atoms with Gasteiger partial charge in [-0.15, -0.1) is 0 Å². The van der Waals surface area contributed by atoms with Gasteiger partial charge in [-0.1, -0.05) is 60.7 Å². The number of carbonyl (C=O) groups is 1. The van der Waals surface area contributed by atoms with Gasteiger partial charge in [0.25, 0.3) is 0 Å². The summed E-state index contributed by atoms with van der Waals surface area (Å²) in [7, 11) is 3.36. The van der Waals surface area contributed by atoms with E-state index in [1.807, 2.05) is 60.7 Å². The van der Waals surface area contributed by atoms with Crippen LogP contribution in [0, 0.1) is 0 Å². The Labute approximate surface area is 151 Å². The van der Waals surface area contributed by atoms with Crippen LogP contribution in [0.25, 0.3) is 17.4 Å². The van der Waals surface area contributed by atoms with E-state index in [-0.39, 0.29) is 5.91 Å². The molecule has 1 heterocycles. The van der Waals surface area contributed by atoms with Crippen LogP contribution in [0.15, 0.2) is 76.0 Å². The molecule has 0 radical (unpaired) electrons. The van der Waals surface area contributed by atoms with Gasteiger partial charge >= 0.3 is 5.76 Å². The SMILES string of the molecule is CN(C)C(=O)/C=C/c1c(-c2ccccc2)oc(=O)n1Cc1ccccc1. The third kappa shape index (κ3) is 3.83. The standard InChI is InChI=1S/C21H20N2O3/c1-22(2)19(24)14-13-18-20(17-11-7-4-8-12-17)26-21(25)23(18)15-16-9-5-3-6-10-16/h3-14H,15H2,1-2H3/b14-13+. The summed E-state index contributed by atoms with van der Waals surface area (Å²) in [6.07, 6.45) is 3.08. The molecular weight excluding hydrogens is 328 g/mol. The monoisotopic (exact) mass is 348 g/mol. The van der Waals surface area contributed by atoms with Gasteiger partial charge in [0, 0.05) is 25.7 Å². The number of carbonyl (C=O) groups excluding carboxylic acids is 1. The minimum Gasteiger partial charge on any atom is -0.407 e. The zero-order chi connectivity index (χ0) is 18.5. The number of rotatable bonds is 5. The third-order valence-electron chi connectivity index (χ3n) is 3.98. The smallest absolute Gasteiger partial charge is 0.407 e. The second-order valence-corrected chi connectivity index (χ2v) is 6.09. The quantitative estimate of drug-likeness (QED) is 0.665. The molecule has 0 aliphatic rings. The Morgan fingerprint density at radius 3 is 2.27 bits per heavy atom. The topological polar surface area (TPSA) is 55.5 Å². The zero-order valence-corrected chi connectivity index (χ0v) is 14.8. The number of aromatic nitrogens is 1. The predicted octanol–water partition coefficient (Wildman–Crippen LogP) is 3.26. The summed E-state index contributed by atoms with van der Waals surface area (Å²) in [4.78, 5) is 25.9. The van der Waals surface area contributed by atoms with Gasteiger partial charge < -0.3 is 9.32 Å². The van der Waals surface area contributed by atoms with E-state index in [0.29, 0.717) is 18.0 Å². The molecule has 0 saturated heterocycles. The fourth-order valence-corrected chi connectivity index (χ4v) is 2.59. The fraction of sp³-hybridized carbons (Fsp3) is 0.143. The lowest BCUT2D eigenvalue weighted by molar-refractivity contribution is -0.123. The van der Waals surface area contributed by atoms with Crippen molar-refractivity contribution in [1.82, 2.24) is 9.47 Å². The highest BCUT2D eigenvalue weighted by atomic mass is 16.4. The first-order valence-corrected chi connectivity index (χ1v) is 8.28. The van der Waals surface area contributed by atoms with Gasteiger partial charge in [-0.25, -0.2) is 4.79 Å². The van der Waals surface area contributed by atoms with E-state index < -0.39 is 5.76 Å². The Morgan fingerprint density at radius 2 is 1.65 bits per heavy atom. The summed E-state index contributed by atoms with van der Waals surface area (Å²) in [5.41, 5.74) is 2.33.